The Labute approximate surface area is 103 Å². The Balaban J connectivity index is 2.48. The molecular formula is C12H23N3O2. The first-order valence-electron chi connectivity index (χ1n) is 6.23. The van der Waals surface area contributed by atoms with E-state index in [1.807, 2.05) is 6.92 Å². The zero-order chi connectivity index (χ0) is 13.0. The molecule has 2 N–H and O–H groups in total. The highest BCUT2D eigenvalue weighted by Gasteiger charge is 2.31. The summed E-state index contributed by atoms with van der Waals surface area (Å²) in [7, 11) is 1.74. The summed E-state index contributed by atoms with van der Waals surface area (Å²) in [4.78, 5) is 25.4. The van der Waals surface area contributed by atoms with Crippen molar-refractivity contribution in [3.05, 3.63) is 0 Å². The Morgan fingerprint density at radius 1 is 1.47 bits per heavy atom. The van der Waals surface area contributed by atoms with Crippen LogP contribution in [-0.2, 0) is 9.59 Å². The second-order valence-electron chi connectivity index (χ2n) is 4.82. The Morgan fingerprint density at radius 3 is 2.59 bits per heavy atom. The summed E-state index contributed by atoms with van der Waals surface area (Å²) in [5.41, 5.74) is 0. The summed E-state index contributed by atoms with van der Waals surface area (Å²) >= 11 is 0. The Hall–Kier alpha value is -1.10. The van der Waals surface area contributed by atoms with Gasteiger partial charge in [0, 0.05) is 20.1 Å². The lowest BCUT2D eigenvalue weighted by Gasteiger charge is -2.22. The van der Waals surface area contributed by atoms with Crippen LogP contribution in [0.25, 0.3) is 0 Å². The molecule has 5 heteroatoms. The van der Waals surface area contributed by atoms with E-state index in [2.05, 4.69) is 17.6 Å². The van der Waals surface area contributed by atoms with Crippen LogP contribution in [0, 0.1) is 11.8 Å². The van der Waals surface area contributed by atoms with Gasteiger partial charge in [0.25, 0.3) is 0 Å². The maximum Gasteiger partial charge on any atom is 0.244 e. The highest BCUT2D eigenvalue weighted by molar-refractivity contribution is 5.88. The van der Waals surface area contributed by atoms with Crippen LogP contribution < -0.4 is 10.6 Å². The molecule has 17 heavy (non-hydrogen) atoms. The van der Waals surface area contributed by atoms with Crippen LogP contribution in [0.15, 0.2) is 0 Å². The zero-order valence-electron chi connectivity index (χ0n) is 11.1. The minimum absolute atomic E-state index is 0.0165. The van der Waals surface area contributed by atoms with Gasteiger partial charge in [-0.3, -0.25) is 9.59 Å². The molecule has 0 spiro atoms. The average Bonchev–Trinajstić information content (AvgIpc) is 2.73. The Kier molecular flexibility index (Phi) is 4.93. The number of carbonyl (C=O) groups excluding carboxylic acids is 2. The Bertz CT molecular complexity index is 293. The van der Waals surface area contributed by atoms with Crippen LogP contribution in [0.1, 0.15) is 20.8 Å². The van der Waals surface area contributed by atoms with Crippen LogP contribution in [-0.4, -0.2) is 49.4 Å². The van der Waals surface area contributed by atoms with Crippen LogP contribution in [0.4, 0.5) is 0 Å². The summed E-state index contributed by atoms with van der Waals surface area (Å²) in [6.07, 6.45) is 0. The summed E-state index contributed by atoms with van der Waals surface area (Å²) in [6.45, 7) is 7.93. The van der Waals surface area contributed by atoms with Gasteiger partial charge in [-0.25, -0.2) is 0 Å². The smallest absolute Gasteiger partial charge is 0.244 e. The van der Waals surface area contributed by atoms with Crippen LogP contribution in [0.3, 0.4) is 0 Å². The zero-order valence-corrected chi connectivity index (χ0v) is 11.1. The standard InChI is InChI=1S/C12H23N3O2/c1-5-15(4)12(17)9(3)14-11(16)10-7-13-6-8(10)2/h8-10,13H,5-7H2,1-4H3,(H,14,16)/t8-,9?,10-/m1/s1. The van der Waals surface area contributed by atoms with E-state index in [9.17, 15) is 9.59 Å². The number of rotatable bonds is 4. The number of amides is 2. The van der Waals surface area contributed by atoms with Gasteiger partial charge in [0.15, 0.2) is 0 Å². The fourth-order valence-corrected chi connectivity index (χ4v) is 2.03. The van der Waals surface area contributed by atoms with Crippen molar-refractivity contribution in [1.82, 2.24) is 15.5 Å². The molecular weight excluding hydrogens is 218 g/mol. The van der Waals surface area contributed by atoms with Crippen LogP contribution in [0.5, 0.6) is 0 Å². The van der Waals surface area contributed by atoms with Crippen molar-refractivity contribution in [2.75, 3.05) is 26.7 Å². The minimum Gasteiger partial charge on any atom is -0.344 e. The fourth-order valence-electron chi connectivity index (χ4n) is 2.03. The highest BCUT2D eigenvalue weighted by Crippen LogP contribution is 2.15. The number of carbonyl (C=O) groups is 2. The van der Waals surface area contributed by atoms with E-state index < -0.39 is 6.04 Å². The molecule has 0 bridgehead atoms. The van der Waals surface area contributed by atoms with E-state index >= 15 is 0 Å². The molecule has 1 aliphatic rings. The average molecular weight is 241 g/mol. The first-order chi connectivity index (χ1) is 7.97. The molecule has 0 saturated carbocycles. The van der Waals surface area contributed by atoms with Crippen molar-refractivity contribution in [2.24, 2.45) is 11.8 Å². The van der Waals surface area contributed by atoms with Gasteiger partial charge >= 0.3 is 0 Å². The molecule has 1 aliphatic heterocycles. The third kappa shape index (κ3) is 3.43. The van der Waals surface area contributed by atoms with Gasteiger partial charge in [0.2, 0.25) is 11.8 Å². The van der Waals surface area contributed by atoms with E-state index in [0.29, 0.717) is 19.0 Å². The van der Waals surface area contributed by atoms with Crippen LogP contribution >= 0.6 is 0 Å². The maximum atomic E-state index is 12.0. The van der Waals surface area contributed by atoms with E-state index in [1.54, 1.807) is 18.9 Å². The third-order valence-electron chi connectivity index (χ3n) is 3.43. The molecule has 3 atom stereocenters. The molecule has 1 saturated heterocycles. The van der Waals surface area contributed by atoms with Crippen molar-refractivity contribution < 1.29 is 9.59 Å². The van der Waals surface area contributed by atoms with Gasteiger partial charge in [0.1, 0.15) is 6.04 Å². The normalized spacial score (nSPS) is 25.4. The lowest BCUT2D eigenvalue weighted by atomic mass is 9.97. The number of hydrogen-bond donors (Lipinski definition) is 2. The molecule has 1 fully saturated rings. The number of nitrogens with zero attached hydrogens (tertiary/aromatic N) is 1. The summed E-state index contributed by atoms with van der Waals surface area (Å²) in [6, 6.07) is -0.444. The quantitative estimate of drug-likeness (QED) is 0.718. The van der Waals surface area contributed by atoms with E-state index in [1.165, 1.54) is 0 Å². The fraction of sp³-hybridized carbons (Fsp3) is 0.833. The molecule has 0 radical (unpaired) electrons. The van der Waals surface area contributed by atoms with Crippen molar-refractivity contribution >= 4 is 11.8 Å². The summed E-state index contributed by atoms with van der Waals surface area (Å²) in [5.74, 6) is 0.255. The molecule has 0 aromatic rings. The van der Waals surface area contributed by atoms with Gasteiger partial charge in [-0.2, -0.15) is 0 Å². The Morgan fingerprint density at radius 2 is 2.12 bits per heavy atom. The van der Waals surface area contributed by atoms with Crippen molar-refractivity contribution in [2.45, 2.75) is 26.8 Å². The summed E-state index contributed by atoms with van der Waals surface area (Å²) < 4.78 is 0. The van der Waals surface area contributed by atoms with E-state index in [4.69, 9.17) is 0 Å². The van der Waals surface area contributed by atoms with Gasteiger partial charge in [-0.15, -0.1) is 0 Å². The largest absolute Gasteiger partial charge is 0.344 e. The predicted molar refractivity (Wildman–Crippen MR) is 66.4 cm³/mol. The van der Waals surface area contributed by atoms with Crippen molar-refractivity contribution in [1.29, 1.82) is 0 Å². The van der Waals surface area contributed by atoms with Crippen molar-refractivity contribution in [3.63, 3.8) is 0 Å². The molecule has 0 aromatic heterocycles. The van der Waals surface area contributed by atoms with Gasteiger partial charge in [-0.1, -0.05) is 6.92 Å². The van der Waals surface area contributed by atoms with Gasteiger partial charge in [0.05, 0.1) is 5.92 Å². The molecule has 0 aliphatic carbocycles. The lowest BCUT2D eigenvalue weighted by Crippen LogP contribution is -2.48. The first kappa shape index (κ1) is 14.0. The molecule has 5 nitrogen and oxygen atoms in total. The lowest BCUT2D eigenvalue weighted by molar-refractivity contribution is -0.136. The molecule has 1 unspecified atom stereocenters. The number of likely N-dealkylation sites (N-methyl/N-ethyl adjacent to an activating group) is 1. The van der Waals surface area contributed by atoms with Crippen molar-refractivity contribution in [3.8, 4) is 0 Å². The van der Waals surface area contributed by atoms with E-state index in [0.717, 1.165) is 6.54 Å². The monoisotopic (exact) mass is 241 g/mol. The third-order valence-corrected chi connectivity index (χ3v) is 3.43. The van der Waals surface area contributed by atoms with E-state index in [-0.39, 0.29) is 17.7 Å². The summed E-state index contributed by atoms with van der Waals surface area (Å²) in [5, 5.41) is 5.98. The highest BCUT2D eigenvalue weighted by atomic mass is 16.2. The second kappa shape index (κ2) is 6.00. The molecule has 0 aromatic carbocycles. The topological polar surface area (TPSA) is 61.4 Å². The molecule has 2 amide bonds. The maximum absolute atomic E-state index is 12.0. The second-order valence-corrected chi connectivity index (χ2v) is 4.82. The predicted octanol–water partition coefficient (Wildman–Crippen LogP) is -0.175. The van der Waals surface area contributed by atoms with Crippen LogP contribution in [0.2, 0.25) is 0 Å². The first-order valence-corrected chi connectivity index (χ1v) is 6.23. The molecule has 98 valence electrons. The minimum atomic E-state index is -0.444. The van der Waals surface area contributed by atoms with Gasteiger partial charge < -0.3 is 15.5 Å². The number of nitrogens with one attached hydrogen (secondary N) is 2. The molecule has 1 rings (SSSR count). The SMILES string of the molecule is CCN(C)C(=O)C(C)NC(=O)[C@@H]1CNC[C@H]1C. The number of hydrogen-bond acceptors (Lipinski definition) is 3. The van der Waals surface area contributed by atoms with Gasteiger partial charge in [-0.05, 0) is 26.3 Å². The molecule has 1 heterocycles.